The molecule has 0 atom stereocenters. The van der Waals surface area contributed by atoms with Crippen molar-refractivity contribution in [2.45, 2.75) is 20.1 Å². The van der Waals surface area contributed by atoms with Crippen molar-refractivity contribution in [3.63, 3.8) is 0 Å². The van der Waals surface area contributed by atoms with Crippen LogP contribution in [0.25, 0.3) is 11.3 Å². The van der Waals surface area contributed by atoms with Crippen LogP contribution in [0.5, 0.6) is 0 Å². The lowest BCUT2D eigenvalue weighted by Gasteiger charge is -2.14. The van der Waals surface area contributed by atoms with E-state index in [0.717, 1.165) is 0 Å². The molecular weight excluding hydrogens is 304 g/mol. The third-order valence-corrected chi connectivity index (χ3v) is 2.85. The quantitative estimate of drug-likeness (QED) is 0.444. The first-order valence-electron chi connectivity index (χ1n) is 6.65. The molecule has 0 amide bonds. The van der Waals surface area contributed by atoms with Gasteiger partial charge in [-0.1, -0.05) is 0 Å². The van der Waals surface area contributed by atoms with E-state index in [-0.39, 0.29) is 17.6 Å². The number of ether oxygens (including phenoxy) is 2. The van der Waals surface area contributed by atoms with E-state index >= 15 is 0 Å². The first-order valence-corrected chi connectivity index (χ1v) is 6.65. The van der Waals surface area contributed by atoms with Crippen LogP contribution in [-0.4, -0.2) is 13.2 Å². The van der Waals surface area contributed by atoms with Crippen molar-refractivity contribution in [2.75, 3.05) is 13.2 Å². The molecule has 0 saturated heterocycles. The fraction of sp³-hybridized carbons (Fsp3) is 0.333. The molecule has 2 rings (SSSR count). The molecule has 1 aromatic carbocycles. The van der Waals surface area contributed by atoms with Crippen molar-refractivity contribution in [3.8, 4) is 11.3 Å². The van der Waals surface area contributed by atoms with E-state index in [0.29, 0.717) is 13.2 Å². The van der Waals surface area contributed by atoms with Crippen LogP contribution in [0, 0.1) is 23.3 Å². The number of rotatable bonds is 6. The number of furan rings is 1. The Morgan fingerprint density at radius 2 is 1.50 bits per heavy atom. The third-order valence-electron chi connectivity index (χ3n) is 2.85. The van der Waals surface area contributed by atoms with Gasteiger partial charge in [0.25, 0.3) is 0 Å². The predicted octanol–water partition coefficient (Wildman–Crippen LogP) is 4.57. The van der Waals surface area contributed by atoms with Gasteiger partial charge in [-0.25, -0.2) is 17.6 Å². The van der Waals surface area contributed by atoms with Crippen molar-refractivity contribution in [1.82, 2.24) is 0 Å². The molecule has 0 saturated carbocycles. The molecule has 7 heteroatoms. The van der Waals surface area contributed by atoms with E-state index in [1.807, 2.05) is 0 Å². The molecule has 0 aliphatic heterocycles. The van der Waals surface area contributed by atoms with Gasteiger partial charge in [-0.15, -0.1) is 0 Å². The molecule has 22 heavy (non-hydrogen) atoms. The maximum absolute atomic E-state index is 13.7. The minimum absolute atomic E-state index is 0.140. The van der Waals surface area contributed by atoms with E-state index in [9.17, 15) is 17.6 Å². The zero-order chi connectivity index (χ0) is 16.3. The lowest BCUT2D eigenvalue weighted by molar-refractivity contribution is -0.150. The molecule has 0 radical (unpaired) electrons. The average molecular weight is 318 g/mol. The summed E-state index contributed by atoms with van der Waals surface area (Å²) in [5, 5.41) is 0. The Bertz CT molecular complexity index is 622. The summed E-state index contributed by atoms with van der Waals surface area (Å²) in [5.74, 6) is -6.26. The van der Waals surface area contributed by atoms with Gasteiger partial charge in [-0.05, 0) is 26.0 Å². The highest BCUT2D eigenvalue weighted by Gasteiger charge is 2.24. The molecule has 0 bridgehead atoms. The van der Waals surface area contributed by atoms with E-state index < -0.39 is 35.1 Å². The summed E-state index contributed by atoms with van der Waals surface area (Å²) in [6, 6.07) is 2.70. The van der Waals surface area contributed by atoms with Gasteiger partial charge in [0.1, 0.15) is 5.76 Å². The van der Waals surface area contributed by atoms with Gasteiger partial charge in [-0.3, -0.25) is 0 Å². The van der Waals surface area contributed by atoms with Crippen molar-refractivity contribution >= 4 is 0 Å². The van der Waals surface area contributed by atoms with Gasteiger partial charge in [0.15, 0.2) is 29.0 Å². The van der Waals surface area contributed by atoms with Gasteiger partial charge < -0.3 is 13.9 Å². The Hall–Kier alpha value is -1.86. The maximum atomic E-state index is 13.7. The molecule has 0 spiro atoms. The van der Waals surface area contributed by atoms with E-state index in [1.54, 1.807) is 13.8 Å². The van der Waals surface area contributed by atoms with Crippen LogP contribution in [0.4, 0.5) is 17.6 Å². The molecule has 1 heterocycles. The summed E-state index contributed by atoms with van der Waals surface area (Å²) < 4.78 is 69.7. The van der Waals surface area contributed by atoms with Crippen molar-refractivity contribution < 1.29 is 31.5 Å². The smallest absolute Gasteiger partial charge is 0.217 e. The van der Waals surface area contributed by atoms with Crippen LogP contribution in [0.2, 0.25) is 0 Å². The Labute approximate surface area is 124 Å². The van der Waals surface area contributed by atoms with Crippen LogP contribution >= 0.6 is 0 Å². The predicted molar refractivity (Wildman–Crippen MR) is 70.0 cm³/mol. The lowest BCUT2D eigenvalue weighted by Crippen LogP contribution is -2.07. The van der Waals surface area contributed by atoms with E-state index in [1.165, 1.54) is 12.1 Å². The summed E-state index contributed by atoms with van der Waals surface area (Å²) in [4.78, 5) is 0. The third kappa shape index (κ3) is 3.15. The van der Waals surface area contributed by atoms with Crippen molar-refractivity contribution in [3.05, 3.63) is 47.2 Å². The molecule has 3 nitrogen and oxygen atoms in total. The van der Waals surface area contributed by atoms with Crippen LogP contribution in [0.1, 0.15) is 25.9 Å². The highest BCUT2D eigenvalue weighted by Crippen LogP contribution is 2.33. The van der Waals surface area contributed by atoms with Gasteiger partial charge in [-0.2, -0.15) is 0 Å². The summed E-state index contributed by atoms with van der Waals surface area (Å²) in [6.07, 6.45) is -0.867. The largest absolute Gasteiger partial charge is 0.455 e. The second kappa shape index (κ2) is 6.93. The van der Waals surface area contributed by atoms with E-state index in [2.05, 4.69) is 0 Å². The van der Waals surface area contributed by atoms with Crippen LogP contribution in [-0.2, 0) is 9.47 Å². The average Bonchev–Trinajstić information content (AvgIpc) is 2.95. The molecule has 0 N–H and O–H groups in total. The van der Waals surface area contributed by atoms with Gasteiger partial charge in [0, 0.05) is 19.3 Å². The van der Waals surface area contributed by atoms with E-state index in [4.69, 9.17) is 13.9 Å². The lowest BCUT2D eigenvalue weighted by atomic mass is 10.1. The summed E-state index contributed by atoms with van der Waals surface area (Å²) in [6.45, 7) is 4.10. The molecule has 2 aromatic rings. The molecular formula is C15H14F4O3. The second-order valence-electron chi connectivity index (χ2n) is 4.29. The number of halogens is 4. The van der Waals surface area contributed by atoms with Crippen molar-refractivity contribution in [2.24, 2.45) is 0 Å². The number of benzene rings is 1. The molecule has 0 aliphatic carbocycles. The van der Waals surface area contributed by atoms with Crippen LogP contribution in [0.3, 0.4) is 0 Å². The monoisotopic (exact) mass is 318 g/mol. The van der Waals surface area contributed by atoms with Gasteiger partial charge in [0.2, 0.25) is 6.29 Å². The molecule has 0 unspecified atom stereocenters. The number of hydrogen-bond donors (Lipinski definition) is 0. The first kappa shape index (κ1) is 16.5. The Balaban J connectivity index is 2.44. The zero-order valence-corrected chi connectivity index (χ0v) is 12.0. The maximum Gasteiger partial charge on any atom is 0.217 e. The fourth-order valence-electron chi connectivity index (χ4n) is 1.92. The standard InChI is InChI=1S/C15H14F4O3/c1-3-20-15(21-4-2)11-6-5-10(22-11)12-13(18)8(16)7-9(17)14(12)19/h5-7,15H,3-4H2,1-2H3. The summed E-state index contributed by atoms with van der Waals surface area (Å²) >= 11 is 0. The molecule has 0 aliphatic rings. The minimum Gasteiger partial charge on any atom is -0.455 e. The SMILES string of the molecule is CCOC(OCC)c1ccc(-c2c(F)c(F)cc(F)c2F)o1. The first-order chi connectivity index (χ1) is 10.5. The molecule has 120 valence electrons. The highest BCUT2D eigenvalue weighted by molar-refractivity contribution is 5.59. The van der Waals surface area contributed by atoms with Crippen LogP contribution < -0.4 is 0 Å². The Morgan fingerprint density at radius 1 is 0.955 bits per heavy atom. The topological polar surface area (TPSA) is 31.6 Å². The Kier molecular flexibility index (Phi) is 5.20. The minimum atomic E-state index is -1.52. The summed E-state index contributed by atoms with van der Waals surface area (Å²) in [5.41, 5.74) is -0.907. The molecule has 0 fully saturated rings. The molecule has 1 aromatic heterocycles. The highest BCUT2D eigenvalue weighted by atomic mass is 19.2. The Morgan fingerprint density at radius 3 is 2.00 bits per heavy atom. The summed E-state index contributed by atoms with van der Waals surface area (Å²) in [7, 11) is 0. The van der Waals surface area contributed by atoms with Crippen LogP contribution in [0.15, 0.2) is 22.6 Å². The second-order valence-corrected chi connectivity index (χ2v) is 4.29. The normalized spacial score (nSPS) is 11.4. The fourth-order valence-corrected chi connectivity index (χ4v) is 1.92. The van der Waals surface area contributed by atoms with Gasteiger partial charge >= 0.3 is 0 Å². The zero-order valence-electron chi connectivity index (χ0n) is 12.0. The van der Waals surface area contributed by atoms with Gasteiger partial charge in [0.05, 0.1) is 5.56 Å². The number of hydrogen-bond acceptors (Lipinski definition) is 3. The van der Waals surface area contributed by atoms with Crippen molar-refractivity contribution in [1.29, 1.82) is 0 Å².